The van der Waals surface area contributed by atoms with Crippen LogP contribution in [-0.2, 0) is 0 Å². The van der Waals surface area contributed by atoms with Crippen LogP contribution in [0, 0.1) is 0 Å². The minimum absolute atomic E-state index is 0.143. The minimum atomic E-state index is 0.143. The average molecular weight is 352 g/mol. The van der Waals surface area contributed by atoms with Crippen molar-refractivity contribution in [1.82, 2.24) is 20.4 Å². The molecule has 2 rings (SSSR count). The maximum Gasteiger partial charge on any atom is 0.191 e. The maximum atomic E-state index is 4.95. The molecule has 2 saturated heterocycles. The second-order valence-electron chi connectivity index (χ2n) is 8.60. The highest BCUT2D eigenvalue weighted by molar-refractivity contribution is 5.80. The Balaban J connectivity index is 1.87. The van der Waals surface area contributed by atoms with Gasteiger partial charge in [-0.05, 0) is 73.4 Å². The van der Waals surface area contributed by atoms with Crippen LogP contribution in [0.1, 0.15) is 66.7 Å². The van der Waals surface area contributed by atoms with Crippen molar-refractivity contribution < 1.29 is 0 Å². The summed E-state index contributed by atoms with van der Waals surface area (Å²) in [5.41, 5.74) is 0.143. The standard InChI is InChI=1S/C20H41N5/c1-6-21-19(23-18-10-14-24(15-11-18)17(2)3)22-16-20(4,5)25-12-8-7-9-13-25/h17-18H,6-16H2,1-5H3,(H2,21,22,23). The third-order valence-corrected chi connectivity index (χ3v) is 5.78. The summed E-state index contributed by atoms with van der Waals surface area (Å²) >= 11 is 0. The van der Waals surface area contributed by atoms with E-state index in [0.717, 1.165) is 19.0 Å². The van der Waals surface area contributed by atoms with Crippen LogP contribution in [0.3, 0.4) is 0 Å². The summed E-state index contributed by atoms with van der Waals surface area (Å²) in [5, 5.41) is 7.13. The Kier molecular flexibility index (Phi) is 8.01. The molecule has 2 aliphatic rings. The Morgan fingerprint density at radius 1 is 1.08 bits per heavy atom. The number of likely N-dealkylation sites (tertiary alicyclic amines) is 2. The number of guanidine groups is 1. The third kappa shape index (κ3) is 6.45. The number of rotatable bonds is 6. The number of piperidine rings is 2. The molecule has 146 valence electrons. The molecule has 0 aromatic rings. The Morgan fingerprint density at radius 3 is 2.28 bits per heavy atom. The summed E-state index contributed by atoms with van der Waals surface area (Å²) < 4.78 is 0. The summed E-state index contributed by atoms with van der Waals surface area (Å²) in [5.74, 6) is 0.996. The predicted octanol–water partition coefficient (Wildman–Crippen LogP) is 2.68. The van der Waals surface area contributed by atoms with Crippen LogP contribution in [0.15, 0.2) is 4.99 Å². The van der Waals surface area contributed by atoms with Crippen LogP contribution in [0.4, 0.5) is 0 Å². The molecule has 0 atom stereocenters. The summed E-state index contributed by atoms with van der Waals surface area (Å²) in [6.07, 6.45) is 6.46. The van der Waals surface area contributed by atoms with E-state index >= 15 is 0 Å². The molecule has 0 aromatic carbocycles. The van der Waals surface area contributed by atoms with E-state index in [2.05, 4.69) is 55.1 Å². The zero-order chi connectivity index (χ0) is 18.3. The van der Waals surface area contributed by atoms with Gasteiger partial charge in [0, 0.05) is 37.3 Å². The number of nitrogens with one attached hydrogen (secondary N) is 2. The third-order valence-electron chi connectivity index (χ3n) is 5.78. The normalized spacial score (nSPS) is 22.4. The molecule has 5 nitrogen and oxygen atoms in total. The molecular weight excluding hydrogens is 310 g/mol. The highest BCUT2D eigenvalue weighted by Crippen LogP contribution is 2.21. The molecule has 25 heavy (non-hydrogen) atoms. The Bertz CT molecular complexity index is 404. The van der Waals surface area contributed by atoms with E-state index in [9.17, 15) is 0 Å². The van der Waals surface area contributed by atoms with Crippen LogP contribution in [0.25, 0.3) is 0 Å². The lowest BCUT2D eigenvalue weighted by molar-refractivity contribution is 0.102. The monoisotopic (exact) mass is 351 g/mol. The van der Waals surface area contributed by atoms with Gasteiger partial charge in [0.15, 0.2) is 5.96 Å². The van der Waals surface area contributed by atoms with Crippen LogP contribution >= 0.6 is 0 Å². The average Bonchev–Trinajstić information content (AvgIpc) is 2.61. The first kappa shape index (κ1) is 20.5. The van der Waals surface area contributed by atoms with Crippen LogP contribution < -0.4 is 10.6 Å². The first-order chi connectivity index (χ1) is 11.9. The zero-order valence-electron chi connectivity index (χ0n) is 17.3. The second-order valence-corrected chi connectivity index (χ2v) is 8.60. The molecule has 2 fully saturated rings. The molecule has 2 aliphatic heterocycles. The van der Waals surface area contributed by atoms with Crippen molar-refractivity contribution >= 4 is 5.96 Å². The molecule has 0 radical (unpaired) electrons. The molecule has 0 spiro atoms. The molecule has 2 N–H and O–H groups in total. The summed E-state index contributed by atoms with van der Waals surface area (Å²) in [6, 6.07) is 1.21. The van der Waals surface area contributed by atoms with Crippen molar-refractivity contribution in [3.05, 3.63) is 0 Å². The fraction of sp³-hybridized carbons (Fsp3) is 0.950. The van der Waals surface area contributed by atoms with Crippen molar-refractivity contribution in [1.29, 1.82) is 0 Å². The highest BCUT2D eigenvalue weighted by atomic mass is 15.2. The minimum Gasteiger partial charge on any atom is -0.357 e. The van der Waals surface area contributed by atoms with Gasteiger partial charge in [-0.15, -0.1) is 0 Å². The number of aliphatic imine (C=N–C) groups is 1. The summed E-state index contributed by atoms with van der Waals surface area (Å²) in [6.45, 7) is 18.0. The van der Waals surface area contributed by atoms with Gasteiger partial charge in [0.25, 0.3) is 0 Å². The highest BCUT2D eigenvalue weighted by Gasteiger charge is 2.28. The lowest BCUT2D eigenvalue weighted by Crippen LogP contribution is -2.51. The first-order valence-electron chi connectivity index (χ1n) is 10.5. The number of hydrogen-bond acceptors (Lipinski definition) is 3. The van der Waals surface area contributed by atoms with Gasteiger partial charge in [-0.25, -0.2) is 0 Å². The van der Waals surface area contributed by atoms with Gasteiger partial charge in [-0.2, -0.15) is 0 Å². The maximum absolute atomic E-state index is 4.95. The fourth-order valence-electron chi connectivity index (χ4n) is 3.95. The first-order valence-corrected chi connectivity index (χ1v) is 10.5. The van der Waals surface area contributed by atoms with E-state index < -0.39 is 0 Å². The van der Waals surface area contributed by atoms with Crippen molar-refractivity contribution in [3.63, 3.8) is 0 Å². The number of nitrogens with zero attached hydrogens (tertiary/aromatic N) is 3. The fourth-order valence-corrected chi connectivity index (χ4v) is 3.95. The zero-order valence-corrected chi connectivity index (χ0v) is 17.3. The molecule has 0 amide bonds. The summed E-state index contributed by atoms with van der Waals surface area (Å²) in [4.78, 5) is 10.1. The van der Waals surface area contributed by atoms with Crippen LogP contribution in [-0.4, -0.2) is 72.7 Å². The van der Waals surface area contributed by atoms with Gasteiger partial charge in [-0.1, -0.05) is 6.42 Å². The van der Waals surface area contributed by atoms with Crippen LogP contribution in [0.5, 0.6) is 0 Å². The largest absolute Gasteiger partial charge is 0.357 e. The quantitative estimate of drug-likeness (QED) is 0.570. The van der Waals surface area contributed by atoms with Gasteiger partial charge in [0.1, 0.15) is 0 Å². The smallest absolute Gasteiger partial charge is 0.191 e. The molecule has 2 heterocycles. The van der Waals surface area contributed by atoms with Crippen molar-refractivity contribution in [3.8, 4) is 0 Å². The van der Waals surface area contributed by atoms with Crippen molar-refractivity contribution in [2.24, 2.45) is 4.99 Å². The predicted molar refractivity (Wildman–Crippen MR) is 108 cm³/mol. The van der Waals surface area contributed by atoms with Crippen molar-refractivity contribution in [2.75, 3.05) is 39.3 Å². The lowest BCUT2D eigenvalue weighted by Gasteiger charge is -2.40. The lowest BCUT2D eigenvalue weighted by atomic mass is 9.99. The molecule has 0 aromatic heterocycles. The Labute approximate surface area is 155 Å². The van der Waals surface area contributed by atoms with Gasteiger partial charge < -0.3 is 15.5 Å². The molecule has 0 aliphatic carbocycles. The molecule has 5 heteroatoms. The van der Waals surface area contributed by atoms with E-state index in [1.165, 1.54) is 58.3 Å². The second kappa shape index (κ2) is 9.77. The Morgan fingerprint density at radius 2 is 1.72 bits per heavy atom. The van der Waals surface area contributed by atoms with Gasteiger partial charge in [0.05, 0.1) is 6.54 Å². The van der Waals surface area contributed by atoms with E-state index in [1.54, 1.807) is 0 Å². The van der Waals surface area contributed by atoms with Gasteiger partial charge in [-0.3, -0.25) is 9.89 Å². The SMILES string of the molecule is CCNC(=NCC(C)(C)N1CCCCC1)NC1CCN(C(C)C)CC1. The Hall–Kier alpha value is -0.810. The number of hydrogen-bond donors (Lipinski definition) is 2. The van der Waals surface area contributed by atoms with Gasteiger partial charge >= 0.3 is 0 Å². The van der Waals surface area contributed by atoms with Crippen LogP contribution in [0.2, 0.25) is 0 Å². The van der Waals surface area contributed by atoms with Gasteiger partial charge in [0.2, 0.25) is 0 Å². The molecular formula is C20H41N5. The van der Waals surface area contributed by atoms with Crippen molar-refractivity contribution in [2.45, 2.75) is 84.3 Å². The van der Waals surface area contributed by atoms with E-state index in [-0.39, 0.29) is 5.54 Å². The topological polar surface area (TPSA) is 42.9 Å². The van der Waals surface area contributed by atoms with E-state index in [0.29, 0.717) is 12.1 Å². The summed E-state index contributed by atoms with van der Waals surface area (Å²) in [7, 11) is 0. The van der Waals surface area contributed by atoms with E-state index in [4.69, 9.17) is 4.99 Å². The molecule has 0 unspecified atom stereocenters. The van der Waals surface area contributed by atoms with E-state index in [1.807, 2.05) is 0 Å². The molecule has 0 saturated carbocycles. The molecule has 0 bridgehead atoms.